The molecule has 0 bridgehead atoms. The SMILES string of the molecule is O=C(c1cc(-c2cccs2)[nH]n1)N1CCCC(N2CCNCC2=O)C1. The number of hydrogen-bond donors (Lipinski definition) is 2. The van der Waals surface area contributed by atoms with E-state index in [1.807, 2.05) is 33.4 Å². The molecule has 7 nitrogen and oxygen atoms in total. The van der Waals surface area contributed by atoms with Crippen LogP contribution in [0.15, 0.2) is 23.6 Å². The standard InChI is InChI=1S/C17H21N5O2S/c23-16-10-18-5-7-22(16)12-3-1-6-21(11-12)17(24)14-9-13(19-20-14)15-4-2-8-25-15/h2,4,8-9,12,18H,1,3,5-7,10-11H2,(H,19,20). The predicted octanol–water partition coefficient (Wildman–Crippen LogP) is 1.17. The second-order valence-electron chi connectivity index (χ2n) is 6.46. The molecule has 0 saturated carbocycles. The van der Waals surface area contributed by atoms with E-state index in [4.69, 9.17) is 0 Å². The van der Waals surface area contributed by atoms with Crippen molar-refractivity contribution in [3.8, 4) is 10.6 Å². The molecule has 2 saturated heterocycles. The van der Waals surface area contributed by atoms with Crippen LogP contribution in [0.5, 0.6) is 0 Å². The van der Waals surface area contributed by atoms with Crippen LogP contribution >= 0.6 is 11.3 Å². The van der Waals surface area contributed by atoms with E-state index in [-0.39, 0.29) is 17.9 Å². The van der Waals surface area contributed by atoms with Gasteiger partial charge in [-0.1, -0.05) is 6.07 Å². The molecule has 8 heteroatoms. The van der Waals surface area contributed by atoms with Crippen LogP contribution in [0, 0.1) is 0 Å². The summed E-state index contributed by atoms with van der Waals surface area (Å²) < 4.78 is 0. The molecule has 2 aromatic heterocycles. The molecule has 4 rings (SSSR count). The summed E-state index contributed by atoms with van der Waals surface area (Å²) in [5.74, 6) is 0.0663. The van der Waals surface area contributed by atoms with E-state index in [1.54, 1.807) is 11.3 Å². The van der Waals surface area contributed by atoms with Crippen molar-refractivity contribution in [3.05, 3.63) is 29.3 Å². The Bertz CT molecular complexity index is 757. The van der Waals surface area contributed by atoms with E-state index in [0.29, 0.717) is 18.8 Å². The van der Waals surface area contributed by atoms with E-state index in [1.165, 1.54) is 0 Å². The lowest BCUT2D eigenvalue weighted by Crippen LogP contribution is -2.57. The molecule has 0 radical (unpaired) electrons. The molecule has 25 heavy (non-hydrogen) atoms. The van der Waals surface area contributed by atoms with Gasteiger partial charge in [0.15, 0.2) is 5.69 Å². The Labute approximate surface area is 150 Å². The van der Waals surface area contributed by atoms with Crippen molar-refractivity contribution in [2.75, 3.05) is 32.7 Å². The molecule has 1 atom stereocenters. The minimum Gasteiger partial charge on any atom is -0.336 e. The smallest absolute Gasteiger partial charge is 0.274 e. The van der Waals surface area contributed by atoms with Crippen molar-refractivity contribution >= 4 is 23.2 Å². The Balaban J connectivity index is 1.46. The lowest BCUT2D eigenvalue weighted by molar-refractivity contribution is -0.135. The van der Waals surface area contributed by atoms with Gasteiger partial charge in [0.25, 0.3) is 5.91 Å². The van der Waals surface area contributed by atoms with E-state index in [9.17, 15) is 9.59 Å². The number of carbonyl (C=O) groups is 2. The van der Waals surface area contributed by atoms with Gasteiger partial charge in [-0.3, -0.25) is 14.7 Å². The highest BCUT2D eigenvalue weighted by molar-refractivity contribution is 7.13. The van der Waals surface area contributed by atoms with Crippen LogP contribution in [0.2, 0.25) is 0 Å². The molecule has 2 aliphatic rings. The average Bonchev–Trinajstić information content (AvgIpc) is 3.33. The van der Waals surface area contributed by atoms with Gasteiger partial charge in [-0.15, -0.1) is 11.3 Å². The summed E-state index contributed by atoms with van der Waals surface area (Å²) in [6.45, 7) is 3.24. The second-order valence-corrected chi connectivity index (χ2v) is 7.40. The zero-order chi connectivity index (χ0) is 17.2. The van der Waals surface area contributed by atoms with Crippen LogP contribution in [0.4, 0.5) is 0 Å². The highest BCUT2D eigenvalue weighted by Gasteiger charge is 2.32. The number of aromatic amines is 1. The molecule has 0 aromatic carbocycles. The molecule has 2 fully saturated rings. The summed E-state index contributed by atoms with van der Waals surface area (Å²) in [6, 6.07) is 5.90. The summed E-state index contributed by atoms with van der Waals surface area (Å²) in [5.41, 5.74) is 1.31. The first kappa shape index (κ1) is 16.3. The fraction of sp³-hybridized carbons (Fsp3) is 0.471. The number of piperazine rings is 1. The Kier molecular flexibility index (Phi) is 4.54. The molecule has 2 aromatic rings. The first-order chi connectivity index (χ1) is 12.2. The number of carbonyl (C=O) groups excluding carboxylic acids is 2. The quantitative estimate of drug-likeness (QED) is 0.862. The number of nitrogens with zero attached hydrogens (tertiary/aromatic N) is 3. The zero-order valence-electron chi connectivity index (χ0n) is 13.9. The first-order valence-electron chi connectivity index (χ1n) is 8.61. The summed E-state index contributed by atoms with van der Waals surface area (Å²) in [7, 11) is 0. The Hall–Kier alpha value is -2.19. The number of nitrogens with one attached hydrogen (secondary N) is 2. The van der Waals surface area contributed by atoms with E-state index in [0.717, 1.165) is 43.0 Å². The minimum absolute atomic E-state index is 0.0636. The molecular weight excluding hydrogens is 338 g/mol. The number of H-pyrrole nitrogens is 1. The van der Waals surface area contributed by atoms with Crippen LogP contribution in [0.1, 0.15) is 23.3 Å². The minimum atomic E-state index is -0.0636. The van der Waals surface area contributed by atoms with Gasteiger partial charge in [0, 0.05) is 32.2 Å². The zero-order valence-corrected chi connectivity index (χ0v) is 14.7. The van der Waals surface area contributed by atoms with Gasteiger partial charge in [-0.05, 0) is 30.4 Å². The third kappa shape index (κ3) is 3.32. The number of aromatic nitrogens is 2. The normalized spacial score (nSPS) is 21.6. The number of rotatable bonds is 3. The summed E-state index contributed by atoms with van der Waals surface area (Å²) >= 11 is 1.61. The first-order valence-corrected chi connectivity index (χ1v) is 9.49. The molecule has 0 aliphatic carbocycles. The lowest BCUT2D eigenvalue weighted by Gasteiger charge is -2.40. The van der Waals surface area contributed by atoms with Gasteiger partial charge >= 0.3 is 0 Å². The van der Waals surface area contributed by atoms with Gasteiger partial charge in [0.05, 0.1) is 17.1 Å². The number of likely N-dealkylation sites (tertiary alicyclic amines) is 1. The van der Waals surface area contributed by atoms with Crippen LogP contribution in [-0.4, -0.2) is 70.6 Å². The molecule has 132 valence electrons. The Morgan fingerprint density at radius 2 is 2.28 bits per heavy atom. The molecule has 2 amide bonds. The molecule has 1 unspecified atom stereocenters. The Morgan fingerprint density at radius 1 is 1.36 bits per heavy atom. The third-order valence-corrected chi connectivity index (χ3v) is 5.74. The number of amides is 2. The largest absolute Gasteiger partial charge is 0.336 e. The van der Waals surface area contributed by atoms with Crippen molar-refractivity contribution < 1.29 is 9.59 Å². The third-order valence-electron chi connectivity index (χ3n) is 4.83. The van der Waals surface area contributed by atoms with Crippen molar-refractivity contribution in [2.24, 2.45) is 0 Å². The van der Waals surface area contributed by atoms with Gasteiger partial charge in [-0.2, -0.15) is 5.10 Å². The lowest BCUT2D eigenvalue weighted by atomic mass is 10.0. The van der Waals surface area contributed by atoms with E-state index >= 15 is 0 Å². The van der Waals surface area contributed by atoms with Crippen LogP contribution in [-0.2, 0) is 4.79 Å². The molecule has 4 heterocycles. The topological polar surface area (TPSA) is 81.3 Å². The molecular formula is C17H21N5O2S. The van der Waals surface area contributed by atoms with Gasteiger partial charge in [0.1, 0.15) is 0 Å². The van der Waals surface area contributed by atoms with Crippen molar-refractivity contribution in [2.45, 2.75) is 18.9 Å². The number of piperidine rings is 1. The maximum absolute atomic E-state index is 12.8. The fourth-order valence-corrected chi connectivity index (χ4v) is 4.24. The van der Waals surface area contributed by atoms with Gasteiger partial charge < -0.3 is 15.1 Å². The maximum Gasteiger partial charge on any atom is 0.274 e. The van der Waals surface area contributed by atoms with Crippen molar-refractivity contribution in [1.82, 2.24) is 25.3 Å². The summed E-state index contributed by atoms with van der Waals surface area (Å²) in [6.07, 6.45) is 1.87. The summed E-state index contributed by atoms with van der Waals surface area (Å²) in [4.78, 5) is 29.8. The van der Waals surface area contributed by atoms with Crippen molar-refractivity contribution in [3.63, 3.8) is 0 Å². The fourth-order valence-electron chi connectivity index (χ4n) is 3.55. The van der Waals surface area contributed by atoms with Crippen molar-refractivity contribution in [1.29, 1.82) is 0 Å². The van der Waals surface area contributed by atoms with E-state index in [2.05, 4.69) is 15.5 Å². The van der Waals surface area contributed by atoms with Crippen LogP contribution in [0.3, 0.4) is 0 Å². The molecule has 2 N–H and O–H groups in total. The Morgan fingerprint density at radius 3 is 3.08 bits per heavy atom. The van der Waals surface area contributed by atoms with Crippen LogP contribution in [0.25, 0.3) is 10.6 Å². The van der Waals surface area contributed by atoms with Crippen LogP contribution < -0.4 is 5.32 Å². The predicted molar refractivity (Wildman–Crippen MR) is 95.4 cm³/mol. The second kappa shape index (κ2) is 6.97. The van der Waals surface area contributed by atoms with Gasteiger partial charge in [0.2, 0.25) is 5.91 Å². The number of thiophene rings is 1. The highest BCUT2D eigenvalue weighted by Crippen LogP contribution is 2.24. The molecule has 2 aliphatic heterocycles. The molecule has 0 spiro atoms. The van der Waals surface area contributed by atoms with E-state index < -0.39 is 0 Å². The maximum atomic E-state index is 12.8. The number of hydrogen-bond acceptors (Lipinski definition) is 5. The summed E-state index contributed by atoms with van der Waals surface area (Å²) in [5, 5.41) is 12.2. The monoisotopic (exact) mass is 359 g/mol. The highest BCUT2D eigenvalue weighted by atomic mass is 32.1. The average molecular weight is 359 g/mol. The van der Waals surface area contributed by atoms with Gasteiger partial charge in [-0.25, -0.2) is 0 Å².